The first-order valence-electron chi connectivity index (χ1n) is 13.7. The number of ether oxygens (including phenoxy) is 3. The van der Waals surface area contributed by atoms with Crippen molar-refractivity contribution in [1.29, 1.82) is 0 Å². The molecule has 0 aliphatic rings. The number of aryl methyl sites for hydroxylation is 2. The number of thioether (sulfide) groups is 1. The van der Waals surface area contributed by atoms with E-state index in [9.17, 15) is 9.59 Å². The Balaban J connectivity index is 1.62. The summed E-state index contributed by atoms with van der Waals surface area (Å²) in [6.07, 6.45) is 6.67. The second-order valence-corrected chi connectivity index (χ2v) is 10.7. The van der Waals surface area contributed by atoms with Gasteiger partial charge in [-0.1, -0.05) is 48.9 Å². The summed E-state index contributed by atoms with van der Waals surface area (Å²) in [4.78, 5) is 25.7. The van der Waals surface area contributed by atoms with E-state index in [2.05, 4.69) is 17.4 Å². The molecule has 1 N–H and O–H groups in total. The SMILES string of the molecule is COC(=O)[C@H](CCSC)NC(=O)c1ccc(COCCCCCc2cccc(OC)c2)cc1-c1ccccc1C. The van der Waals surface area contributed by atoms with Gasteiger partial charge in [0.2, 0.25) is 0 Å². The monoisotopic (exact) mass is 563 g/mol. The normalized spacial score (nSPS) is 11.6. The van der Waals surface area contributed by atoms with Gasteiger partial charge >= 0.3 is 5.97 Å². The van der Waals surface area contributed by atoms with Gasteiger partial charge in [-0.2, -0.15) is 11.8 Å². The molecule has 0 spiro atoms. The van der Waals surface area contributed by atoms with E-state index in [1.807, 2.05) is 67.8 Å². The highest BCUT2D eigenvalue weighted by Crippen LogP contribution is 2.29. The highest BCUT2D eigenvalue weighted by molar-refractivity contribution is 7.98. The molecule has 3 aromatic rings. The number of esters is 1. The number of carbonyl (C=O) groups is 2. The molecular formula is C33H41NO5S. The molecule has 0 aliphatic heterocycles. The fourth-order valence-corrected chi connectivity index (χ4v) is 5.04. The number of methoxy groups -OCH3 is 2. The van der Waals surface area contributed by atoms with E-state index in [1.54, 1.807) is 18.9 Å². The molecule has 0 radical (unpaired) electrons. The van der Waals surface area contributed by atoms with Gasteiger partial charge in [0.05, 0.1) is 20.8 Å². The van der Waals surface area contributed by atoms with Gasteiger partial charge in [0.15, 0.2) is 0 Å². The summed E-state index contributed by atoms with van der Waals surface area (Å²) in [6, 6.07) is 21.3. The molecule has 0 saturated carbocycles. The molecule has 0 bridgehead atoms. The Morgan fingerprint density at radius 3 is 2.48 bits per heavy atom. The van der Waals surface area contributed by atoms with Gasteiger partial charge in [-0.3, -0.25) is 4.79 Å². The Hall–Kier alpha value is -3.29. The summed E-state index contributed by atoms with van der Waals surface area (Å²) in [5, 5.41) is 2.89. The van der Waals surface area contributed by atoms with Gasteiger partial charge < -0.3 is 19.5 Å². The molecule has 3 rings (SSSR count). The maximum absolute atomic E-state index is 13.4. The van der Waals surface area contributed by atoms with Gasteiger partial charge in [-0.15, -0.1) is 0 Å². The fraction of sp³-hybridized carbons (Fsp3) is 0.394. The molecule has 40 heavy (non-hydrogen) atoms. The van der Waals surface area contributed by atoms with Crippen molar-refractivity contribution in [3.05, 3.63) is 89.0 Å². The third-order valence-electron chi connectivity index (χ3n) is 6.82. The topological polar surface area (TPSA) is 73.9 Å². The molecule has 0 aliphatic carbocycles. The predicted molar refractivity (Wildman–Crippen MR) is 163 cm³/mol. The fourth-order valence-electron chi connectivity index (χ4n) is 4.57. The summed E-state index contributed by atoms with van der Waals surface area (Å²) >= 11 is 1.62. The van der Waals surface area contributed by atoms with Crippen LogP contribution in [0, 0.1) is 6.92 Å². The van der Waals surface area contributed by atoms with Crippen LogP contribution in [0.2, 0.25) is 0 Å². The maximum Gasteiger partial charge on any atom is 0.328 e. The third-order valence-corrected chi connectivity index (χ3v) is 7.47. The lowest BCUT2D eigenvalue weighted by molar-refractivity contribution is -0.142. The van der Waals surface area contributed by atoms with Gasteiger partial charge in [-0.05, 0) is 96.7 Å². The molecule has 6 nitrogen and oxygen atoms in total. The third kappa shape index (κ3) is 9.42. The van der Waals surface area contributed by atoms with Crippen LogP contribution in [-0.4, -0.2) is 50.8 Å². The molecule has 1 amide bonds. The van der Waals surface area contributed by atoms with Gasteiger partial charge in [0.1, 0.15) is 11.8 Å². The van der Waals surface area contributed by atoms with Crippen LogP contribution < -0.4 is 10.1 Å². The van der Waals surface area contributed by atoms with Crippen molar-refractivity contribution in [1.82, 2.24) is 5.32 Å². The van der Waals surface area contributed by atoms with Crippen LogP contribution in [0.3, 0.4) is 0 Å². The van der Waals surface area contributed by atoms with E-state index in [0.29, 0.717) is 25.2 Å². The maximum atomic E-state index is 13.4. The number of nitrogens with one attached hydrogen (secondary N) is 1. The van der Waals surface area contributed by atoms with Crippen LogP contribution in [0.15, 0.2) is 66.7 Å². The minimum absolute atomic E-state index is 0.293. The summed E-state index contributed by atoms with van der Waals surface area (Å²) in [7, 11) is 3.03. The zero-order valence-electron chi connectivity index (χ0n) is 24.0. The Labute approximate surface area is 242 Å². The number of hydrogen-bond donors (Lipinski definition) is 1. The highest BCUT2D eigenvalue weighted by atomic mass is 32.2. The Kier molecular flexibility index (Phi) is 13.1. The second kappa shape index (κ2) is 16.7. The van der Waals surface area contributed by atoms with E-state index < -0.39 is 12.0 Å². The van der Waals surface area contributed by atoms with Crippen molar-refractivity contribution in [2.45, 2.75) is 51.7 Å². The number of unbranched alkanes of at least 4 members (excludes halogenated alkanes) is 2. The van der Waals surface area contributed by atoms with Gasteiger partial charge in [0, 0.05) is 12.2 Å². The van der Waals surface area contributed by atoms with Gasteiger partial charge in [-0.25, -0.2) is 4.79 Å². The van der Waals surface area contributed by atoms with E-state index >= 15 is 0 Å². The first-order valence-corrected chi connectivity index (χ1v) is 15.1. The van der Waals surface area contributed by atoms with Crippen LogP contribution in [0.25, 0.3) is 11.1 Å². The lowest BCUT2D eigenvalue weighted by atomic mass is 9.93. The van der Waals surface area contributed by atoms with E-state index in [0.717, 1.165) is 59.4 Å². The van der Waals surface area contributed by atoms with Crippen LogP contribution in [-0.2, 0) is 27.3 Å². The number of hydrogen-bond acceptors (Lipinski definition) is 6. The smallest absolute Gasteiger partial charge is 0.328 e. The van der Waals surface area contributed by atoms with Crippen molar-refractivity contribution in [3.63, 3.8) is 0 Å². The number of amides is 1. The Morgan fingerprint density at radius 2 is 1.73 bits per heavy atom. The van der Waals surface area contributed by atoms with Crippen molar-refractivity contribution in [2.75, 3.05) is 32.8 Å². The van der Waals surface area contributed by atoms with E-state index in [4.69, 9.17) is 14.2 Å². The quantitative estimate of drug-likeness (QED) is 0.156. The predicted octanol–water partition coefficient (Wildman–Crippen LogP) is 6.62. The van der Waals surface area contributed by atoms with E-state index in [1.165, 1.54) is 12.7 Å². The lowest BCUT2D eigenvalue weighted by Gasteiger charge is -2.19. The molecule has 214 valence electrons. The molecular weight excluding hydrogens is 522 g/mol. The molecule has 0 unspecified atom stereocenters. The van der Waals surface area contributed by atoms with Crippen molar-refractivity contribution in [2.24, 2.45) is 0 Å². The van der Waals surface area contributed by atoms with Crippen molar-refractivity contribution < 1.29 is 23.8 Å². The molecule has 0 aromatic heterocycles. The molecule has 3 aromatic carbocycles. The average Bonchev–Trinajstić information content (AvgIpc) is 2.98. The van der Waals surface area contributed by atoms with Crippen LogP contribution in [0.4, 0.5) is 0 Å². The molecule has 0 saturated heterocycles. The van der Waals surface area contributed by atoms with E-state index in [-0.39, 0.29) is 5.91 Å². The first kappa shape index (κ1) is 31.2. The van der Waals surface area contributed by atoms with Crippen LogP contribution in [0.1, 0.15) is 52.7 Å². The number of rotatable bonds is 16. The van der Waals surface area contributed by atoms with Crippen LogP contribution >= 0.6 is 11.8 Å². The number of carbonyl (C=O) groups excluding carboxylic acids is 2. The van der Waals surface area contributed by atoms with Gasteiger partial charge in [0.25, 0.3) is 5.91 Å². The largest absolute Gasteiger partial charge is 0.497 e. The molecule has 0 heterocycles. The summed E-state index contributed by atoms with van der Waals surface area (Å²) in [5.74, 6) is 0.905. The molecule has 0 fully saturated rings. The first-order chi connectivity index (χ1) is 19.5. The van der Waals surface area contributed by atoms with Crippen molar-refractivity contribution >= 4 is 23.6 Å². The second-order valence-electron chi connectivity index (χ2n) is 9.74. The highest BCUT2D eigenvalue weighted by Gasteiger charge is 2.23. The average molecular weight is 564 g/mol. The Bertz CT molecular complexity index is 1250. The summed E-state index contributed by atoms with van der Waals surface area (Å²) < 4.78 is 16.2. The minimum Gasteiger partial charge on any atom is -0.497 e. The van der Waals surface area contributed by atoms with Crippen molar-refractivity contribution in [3.8, 4) is 16.9 Å². The minimum atomic E-state index is -0.693. The zero-order valence-corrected chi connectivity index (χ0v) is 24.9. The van der Waals surface area contributed by atoms with Crippen LogP contribution in [0.5, 0.6) is 5.75 Å². The standard InChI is InChI=1S/C33H41NO5S/c1-24-11-7-8-15-28(24)30-22-26(16-17-29(30)32(35)34-31(18-20-40-4)33(36)38-3)23-39-19-9-5-6-12-25-13-10-14-27(21-25)37-2/h7-8,10-11,13-17,21-22,31H,5-6,9,12,18-20,23H2,1-4H3,(H,34,35)/t31-/m0/s1. The summed E-state index contributed by atoms with van der Waals surface area (Å²) in [6.45, 7) is 3.17. The summed E-state index contributed by atoms with van der Waals surface area (Å²) in [5.41, 5.74) is 5.67. The Morgan fingerprint density at radius 1 is 0.900 bits per heavy atom. The lowest BCUT2D eigenvalue weighted by Crippen LogP contribution is -2.42. The molecule has 7 heteroatoms. The molecule has 1 atom stereocenters. The zero-order chi connectivity index (χ0) is 28.7. The number of benzene rings is 3.